The number of nitrogens with one attached hydrogen (secondary N) is 1. The normalized spacial score (nSPS) is 10.9. The van der Waals surface area contributed by atoms with E-state index in [4.69, 9.17) is 4.74 Å². The summed E-state index contributed by atoms with van der Waals surface area (Å²) in [6.07, 6.45) is 0.792. The molecule has 0 radical (unpaired) electrons. The number of aromatic nitrogens is 2. The van der Waals surface area contributed by atoms with E-state index in [2.05, 4.69) is 15.3 Å². The SMILES string of the molecule is COc1ccc2cc(C(=O)NCCc3sc(C)nc3C)c(C)nc2c1. The molecule has 0 aliphatic heterocycles. The molecule has 0 saturated carbocycles. The summed E-state index contributed by atoms with van der Waals surface area (Å²) in [4.78, 5) is 22.7. The van der Waals surface area contributed by atoms with E-state index in [1.807, 2.05) is 45.0 Å². The van der Waals surface area contributed by atoms with Crippen LogP contribution in [0.25, 0.3) is 10.9 Å². The Bertz CT molecular complexity index is 934. The molecule has 1 aromatic carbocycles. The maximum Gasteiger partial charge on any atom is 0.253 e. The van der Waals surface area contributed by atoms with Gasteiger partial charge in [-0.15, -0.1) is 11.3 Å². The van der Waals surface area contributed by atoms with Crippen molar-refractivity contribution in [1.82, 2.24) is 15.3 Å². The number of carbonyl (C=O) groups excluding carboxylic acids is 1. The smallest absolute Gasteiger partial charge is 0.253 e. The highest BCUT2D eigenvalue weighted by molar-refractivity contribution is 7.11. The number of ether oxygens (including phenoxy) is 1. The maximum absolute atomic E-state index is 12.5. The molecule has 1 amide bonds. The Balaban J connectivity index is 1.73. The first-order chi connectivity index (χ1) is 12.0. The van der Waals surface area contributed by atoms with Crippen molar-refractivity contribution in [3.05, 3.63) is 51.1 Å². The highest BCUT2D eigenvalue weighted by Crippen LogP contribution is 2.22. The number of rotatable bonds is 5. The number of hydrogen-bond donors (Lipinski definition) is 1. The molecule has 0 bridgehead atoms. The third kappa shape index (κ3) is 3.79. The van der Waals surface area contributed by atoms with E-state index in [1.165, 1.54) is 4.88 Å². The van der Waals surface area contributed by atoms with Crippen LogP contribution in [0.15, 0.2) is 24.3 Å². The van der Waals surface area contributed by atoms with Gasteiger partial charge in [-0.1, -0.05) is 0 Å². The number of fused-ring (bicyclic) bond motifs is 1. The van der Waals surface area contributed by atoms with Crippen molar-refractivity contribution in [1.29, 1.82) is 0 Å². The summed E-state index contributed by atoms with van der Waals surface area (Å²) in [5.41, 5.74) is 3.19. The topological polar surface area (TPSA) is 64.1 Å². The lowest BCUT2D eigenvalue weighted by Crippen LogP contribution is -2.26. The summed E-state index contributed by atoms with van der Waals surface area (Å²) in [5, 5.41) is 4.97. The van der Waals surface area contributed by atoms with Crippen LogP contribution in [0.5, 0.6) is 5.75 Å². The van der Waals surface area contributed by atoms with Crippen LogP contribution >= 0.6 is 11.3 Å². The summed E-state index contributed by atoms with van der Waals surface area (Å²) in [6, 6.07) is 7.55. The molecule has 0 saturated heterocycles. The standard InChI is InChI=1S/C19H21N3O2S/c1-11-16(9-14-5-6-15(24-4)10-17(14)22-11)19(23)20-8-7-18-12(2)21-13(3)25-18/h5-6,9-10H,7-8H2,1-4H3,(H,20,23). The Morgan fingerprint density at radius 3 is 2.64 bits per heavy atom. The van der Waals surface area contributed by atoms with Gasteiger partial charge in [0.2, 0.25) is 0 Å². The van der Waals surface area contributed by atoms with Crippen LogP contribution in [0.3, 0.4) is 0 Å². The number of carbonyl (C=O) groups is 1. The fourth-order valence-corrected chi connectivity index (χ4v) is 3.73. The minimum Gasteiger partial charge on any atom is -0.497 e. The quantitative estimate of drug-likeness (QED) is 0.759. The van der Waals surface area contributed by atoms with Crippen LogP contribution < -0.4 is 10.1 Å². The first-order valence-electron chi connectivity index (χ1n) is 8.14. The first kappa shape index (κ1) is 17.4. The van der Waals surface area contributed by atoms with Crippen molar-refractivity contribution in [2.45, 2.75) is 27.2 Å². The first-order valence-corrected chi connectivity index (χ1v) is 8.96. The molecule has 0 aliphatic rings. The molecule has 3 rings (SSSR count). The molecule has 5 nitrogen and oxygen atoms in total. The van der Waals surface area contributed by atoms with Gasteiger partial charge >= 0.3 is 0 Å². The predicted octanol–water partition coefficient (Wildman–Crippen LogP) is 3.60. The number of hydrogen-bond acceptors (Lipinski definition) is 5. The zero-order valence-electron chi connectivity index (χ0n) is 14.8. The van der Waals surface area contributed by atoms with Gasteiger partial charge in [0.1, 0.15) is 5.75 Å². The van der Waals surface area contributed by atoms with Crippen molar-refractivity contribution < 1.29 is 9.53 Å². The lowest BCUT2D eigenvalue weighted by Gasteiger charge is -2.09. The average Bonchev–Trinajstić information content (AvgIpc) is 2.91. The van der Waals surface area contributed by atoms with Gasteiger partial charge in [-0.25, -0.2) is 4.98 Å². The molecule has 0 unspecified atom stereocenters. The monoisotopic (exact) mass is 355 g/mol. The molecule has 2 aromatic heterocycles. The fraction of sp³-hybridized carbons (Fsp3) is 0.316. The number of methoxy groups -OCH3 is 1. The number of benzene rings is 1. The van der Waals surface area contributed by atoms with Gasteiger partial charge in [0.25, 0.3) is 5.91 Å². The molecule has 6 heteroatoms. The van der Waals surface area contributed by atoms with Crippen molar-refractivity contribution in [2.75, 3.05) is 13.7 Å². The lowest BCUT2D eigenvalue weighted by molar-refractivity contribution is 0.0953. The van der Waals surface area contributed by atoms with E-state index >= 15 is 0 Å². The third-order valence-corrected chi connectivity index (χ3v) is 5.23. The van der Waals surface area contributed by atoms with E-state index < -0.39 is 0 Å². The van der Waals surface area contributed by atoms with Gasteiger partial charge in [0.05, 0.1) is 34.6 Å². The number of nitrogens with zero attached hydrogens (tertiary/aromatic N) is 2. The van der Waals surface area contributed by atoms with Crippen LogP contribution in [0, 0.1) is 20.8 Å². The molecule has 25 heavy (non-hydrogen) atoms. The summed E-state index contributed by atoms with van der Waals surface area (Å²) < 4.78 is 5.22. The molecule has 130 valence electrons. The van der Waals surface area contributed by atoms with E-state index in [0.717, 1.165) is 33.8 Å². The number of aryl methyl sites for hydroxylation is 3. The van der Waals surface area contributed by atoms with Crippen molar-refractivity contribution in [3.63, 3.8) is 0 Å². The molecule has 0 fully saturated rings. The number of thiazole rings is 1. The van der Waals surface area contributed by atoms with Crippen molar-refractivity contribution in [2.24, 2.45) is 0 Å². The maximum atomic E-state index is 12.5. The summed E-state index contributed by atoms with van der Waals surface area (Å²) in [7, 11) is 1.63. The van der Waals surface area contributed by atoms with E-state index in [0.29, 0.717) is 17.8 Å². The van der Waals surface area contributed by atoms with Gasteiger partial charge < -0.3 is 10.1 Å². The molecule has 0 spiro atoms. The summed E-state index contributed by atoms with van der Waals surface area (Å²) in [6.45, 7) is 6.44. The van der Waals surface area contributed by atoms with Crippen LogP contribution in [0.4, 0.5) is 0 Å². The predicted molar refractivity (Wildman–Crippen MR) is 101 cm³/mol. The minimum absolute atomic E-state index is 0.0957. The largest absolute Gasteiger partial charge is 0.497 e. The van der Waals surface area contributed by atoms with E-state index in [9.17, 15) is 4.79 Å². The van der Waals surface area contributed by atoms with Gasteiger partial charge in [-0.2, -0.15) is 0 Å². The van der Waals surface area contributed by atoms with Crippen LogP contribution in [0.1, 0.15) is 31.6 Å². The summed E-state index contributed by atoms with van der Waals surface area (Å²) >= 11 is 1.68. The Labute approximate surface area is 151 Å². The van der Waals surface area contributed by atoms with Gasteiger partial charge in [0, 0.05) is 29.3 Å². The zero-order chi connectivity index (χ0) is 18.0. The Hall–Kier alpha value is -2.47. The highest BCUT2D eigenvalue weighted by Gasteiger charge is 2.12. The van der Waals surface area contributed by atoms with E-state index in [-0.39, 0.29) is 5.91 Å². The zero-order valence-corrected chi connectivity index (χ0v) is 15.7. The molecular weight excluding hydrogens is 334 g/mol. The second-order valence-corrected chi connectivity index (χ2v) is 7.22. The third-order valence-electron chi connectivity index (χ3n) is 4.10. The Morgan fingerprint density at radius 1 is 1.16 bits per heavy atom. The fourth-order valence-electron chi connectivity index (χ4n) is 2.79. The molecule has 0 aliphatic carbocycles. The van der Waals surface area contributed by atoms with Gasteiger partial charge in [-0.3, -0.25) is 9.78 Å². The van der Waals surface area contributed by atoms with Crippen LogP contribution in [-0.4, -0.2) is 29.5 Å². The Morgan fingerprint density at radius 2 is 1.96 bits per heavy atom. The van der Waals surface area contributed by atoms with Gasteiger partial charge in [0.15, 0.2) is 0 Å². The average molecular weight is 355 g/mol. The van der Waals surface area contributed by atoms with Crippen LogP contribution in [0.2, 0.25) is 0 Å². The summed E-state index contributed by atoms with van der Waals surface area (Å²) in [5.74, 6) is 0.661. The van der Waals surface area contributed by atoms with Gasteiger partial charge in [-0.05, 0) is 39.0 Å². The molecular formula is C19H21N3O2S. The number of amides is 1. The molecule has 0 atom stereocenters. The second kappa shape index (κ2) is 7.19. The molecule has 2 heterocycles. The molecule has 3 aromatic rings. The lowest BCUT2D eigenvalue weighted by atomic mass is 10.1. The number of pyridine rings is 1. The van der Waals surface area contributed by atoms with Crippen molar-refractivity contribution in [3.8, 4) is 5.75 Å². The minimum atomic E-state index is -0.0957. The second-order valence-electron chi connectivity index (χ2n) is 5.93. The Kier molecular flexibility index (Phi) is 4.99. The highest BCUT2D eigenvalue weighted by atomic mass is 32.1. The molecule has 1 N–H and O–H groups in total. The van der Waals surface area contributed by atoms with Crippen LogP contribution in [-0.2, 0) is 6.42 Å². The van der Waals surface area contributed by atoms with E-state index in [1.54, 1.807) is 18.4 Å². The van der Waals surface area contributed by atoms with Crippen molar-refractivity contribution >= 4 is 28.1 Å².